The number of imide groups is 1. The third kappa shape index (κ3) is 3.76. The van der Waals surface area contributed by atoms with Crippen LogP contribution in [-0.2, 0) is 9.59 Å². The Labute approximate surface area is 166 Å². The molecular formula is C24H39NO2. The Morgan fingerprint density at radius 1 is 0.741 bits per heavy atom. The lowest BCUT2D eigenvalue weighted by Gasteiger charge is -2.52. The second kappa shape index (κ2) is 8.92. The van der Waals surface area contributed by atoms with Crippen molar-refractivity contribution in [3.63, 3.8) is 0 Å². The van der Waals surface area contributed by atoms with E-state index in [0.717, 1.165) is 12.8 Å². The molecule has 0 spiro atoms. The molecule has 0 radical (unpaired) electrons. The molecule has 2 aliphatic carbocycles. The van der Waals surface area contributed by atoms with E-state index in [4.69, 9.17) is 0 Å². The number of nitrogens with zero attached hydrogens (tertiary/aromatic N) is 1. The van der Waals surface area contributed by atoms with Crippen LogP contribution in [0, 0.1) is 11.8 Å². The first kappa shape index (κ1) is 20.6. The fourth-order valence-electron chi connectivity index (χ4n) is 6.30. The Morgan fingerprint density at radius 2 is 1.11 bits per heavy atom. The van der Waals surface area contributed by atoms with Crippen molar-refractivity contribution in [3.8, 4) is 0 Å². The molecule has 0 N–H and O–H groups in total. The average molecular weight is 374 g/mol. The summed E-state index contributed by atoms with van der Waals surface area (Å²) in [4.78, 5) is 28.5. The monoisotopic (exact) mass is 373 g/mol. The van der Waals surface area contributed by atoms with Crippen molar-refractivity contribution in [2.75, 3.05) is 0 Å². The van der Waals surface area contributed by atoms with Crippen LogP contribution >= 0.6 is 0 Å². The molecule has 0 saturated heterocycles. The fourth-order valence-corrected chi connectivity index (χ4v) is 6.30. The molecular weight excluding hydrogens is 334 g/mol. The molecule has 3 rings (SSSR count). The first-order valence-corrected chi connectivity index (χ1v) is 11.6. The van der Waals surface area contributed by atoms with E-state index < -0.39 is 0 Å². The zero-order valence-electron chi connectivity index (χ0n) is 17.8. The molecule has 2 fully saturated rings. The Balaban J connectivity index is 2.08. The van der Waals surface area contributed by atoms with E-state index in [-0.39, 0.29) is 17.4 Å². The van der Waals surface area contributed by atoms with E-state index in [1.165, 1.54) is 77.0 Å². The van der Waals surface area contributed by atoms with Gasteiger partial charge in [-0.25, -0.2) is 0 Å². The van der Waals surface area contributed by atoms with Crippen molar-refractivity contribution in [3.05, 3.63) is 11.1 Å². The highest BCUT2D eigenvalue weighted by Gasteiger charge is 2.55. The molecule has 3 nitrogen and oxygen atoms in total. The molecule has 152 valence electrons. The summed E-state index contributed by atoms with van der Waals surface area (Å²) in [6.45, 7) is 5.94. The number of amides is 2. The lowest BCUT2D eigenvalue weighted by atomic mass is 9.64. The van der Waals surface area contributed by atoms with Gasteiger partial charge in [-0.3, -0.25) is 14.5 Å². The van der Waals surface area contributed by atoms with Crippen molar-refractivity contribution in [1.82, 2.24) is 4.90 Å². The van der Waals surface area contributed by atoms with Gasteiger partial charge in [0.05, 0.1) is 5.54 Å². The van der Waals surface area contributed by atoms with Crippen molar-refractivity contribution in [2.24, 2.45) is 11.8 Å². The van der Waals surface area contributed by atoms with E-state index in [2.05, 4.69) is 6.92 Å². The zero-order chi connectivity index (χ0) is 19.4. The fraction of sp³-hybridized carbons (Fsp3) is 0.833. The summed E-state index contributed by atoms with van der Waals surface area (Å²) < 4.78 is 0. The minimum atomic E-state index is -0.253. The maximum absolute atomic E-state index is 13.4. The number of carbonyl (C=O) groups is 2. The SMILES string of the molecule is CCCC(C1CCCCCC1)(C1CCCCCC1)N1C(=O)C(C)=C(C)C1=O. The molecule has 27 heavy (non-hydrogen) atoms. The highest BCUT2D eigenvalue weighted by molar-refractivity contribution is 6.19. The Morgan fingerprint density at radius 3 is 1.44 bits per heavy atom. The predicted molar refractivity (Wildman–Crippen MR) is 110 cm³/mol. The van der Waals surface area contributed by atoms with Crippen LogP contribution in [0.15, 0.2) is 11.1 Å². The lowest BCUT2D eigenvalue weighted by Crippen LogP contribution is -2.61. The minimum Gasteiger partial charge on any atom is -0.269 e. The maximum Gasteiger partial charge on any atom is 0.257 e. The third-order valence-corrected chi connectivity index (χ3v) is 7.80. The summed E-state index contributed by atoms with van der Waals surface area (Å²) in [7, 11) is 0. The number of carbonyl (C=O) groups excluding carboxylic acids is 2. The second-order valence-corrected chi connectivity index (χ2v) is 9.31. The Kier molecular flexibility index (Phi) is 6.81. The highest BCUT2D eigenvalue weighted by Crippen LogP contribution is 2.50. The summed E-state index contributed by atoms with van der Waals surface area (Å²) in [5.74, 6) is 0.989. The largest absolute Gasteiger partial charge is 0.269 e. The molecule has 2 saturated carbocycles. The molecule has 0 aromatic rings. The van der Waals surface area contributed by atoms with Crippen molar-refractivity contribution in [1.29, 1.82) is 0 Å². The number of hydrogen-bond acceptors (Lipinski definition) is 2. The van der Waals surface area contributed by atoms with Crippen LogP contribution in [0.25, 0.3) is 0 Å². The molecule has 0 atom stereocenters. The maximum atomic E-state index is 13.4. The quantitative estimate of drug-likeness (QED) is 0.427. The normalized spacial score (nSPS) is 24.5. The van der Waals surface area contributed by atoms with Gasteiger partial charge < -0.3 is 0 Å². The molecule has 0 bridgehead atoms. The number of hydrogen-bond donors (Lipinski definition) is 0. The second-order valence-electron chi connectivity index (χ2n) is 9.31. The van der Waals surface area contributed by atoms with Gasteiger partial charge in [-0.05, 0) is 57.8 Å². The van der Waals surface area contributed by atoms with Crippen LogP contribution < -0.4 is 0 Å². The third-order valence-electron chi connectivity index (χ3n) is 7.80. The molecule has 0 aromatic carbocycles. The smallest absolute Gasteiger partial charge is 0.257 e. The van der Waals surface area contributed by atoms with Crippen molar-refractivity contribution in [2.45, 2.75) is 116 Å². The molecule has 2 amide bonds. The van der Waals surface area contributed by atoms with Gasteiger partial charge in [0.2, 0.25) is 0 Å². The topological polar surface area (TPSA) is 37.4 Å². The van der Waals surface area contributed by atoms with Gasteiger partial charge in [0.25, 0.3) is 11.8 Å². The van der Waals surface area contributed by atoms with E-state index in [9.17, 15) is 9.59 Å². The lowest BCUT2D eigenvalue weighted by molar-refractivity contribution is -0.153. The number of rotatable bonds is 5. The summed E-state index contributed by atoms with van der Waals surface area (Å²) in [5.41, 5.74) is 1.11. The standard InChI is InChI=1S/C24H39NO2/c1-4-17-24(20-13-9-5-6-10-14-20,21-15-11-7-8-12-16-21)25-22(26)18(2)19(3)23(25)27/h20-21H,4-17H2,1-3H3. The molecule has 1 aliphatic heterocycles. The van der Waals surface area contributed by atoms with Gasteiger partial charge >= 0.3 is 0 Å². The van der Waals surface area contributed by atoms with Gasteiger partial charge in [0.1, 0.15) is 0 Å². The molecule has 0 aromatic heterocycles. The summed E-state index contributed by atoms with van der Waals surface area (Å²) >= 11 is 0. The van der Waals surface area contributed by atoms with Crippen LogP contribution in [-0.4, -0.2) is 22.3 Å². The van der Waals surface area contributed by atoms with Crippen LogP contribution in [0.3, 0.4) is 0 Å². The van der Waals surface area contributed by atoms with Gasteiger partial charge in [0, 0.05) is 11.1 Å². The molecule has 3 aliphatic rings. The van der Waals surface area contributed by atoms with Crippen LogP contribution in [0.1, 0.15) is 111 Å². The summed E-state index contributed by atoms with van der Waals surface area (Å²) in [6, 6.07) is 0. The molecule has 1 heterocycles. The van der Waals surface area contributed by atoms with Gasteiger partial charge in [-0.15, -0.1) is 0 Å². The van der Waals surface area contributed by atoms with E-state index in [1.807, 2.05) is 18.7 Å². The molecule has 0 unspecified atom stereocenters. The van der Waals surface area contributed by atoms with Crippen molar-refractivity contribution < 1.29 is 9.59 Å². The van der Waals surface area contributed by atoms with Crippen LogP contribution in [0.2, 0.25) is 0 Å². The first-order valence-electron chi connectivity index (χ1n) is 11.6. The van der Waals surface area contributed by atoms with E-state index >= 15 is 0 Å². The summed E-state index contributed by atoms with van der Waals surface area (Å²) in [5, 5.41) is 0. The Hall–Kier alpha value is -1.12. The first-order chi connectivity index (χ1) is 13.0. The van der Waals surface area contributed by atoms with Crippen LogP contribution in [0.4, 0.5) is 0 Å². The van der Waals surface area contributed by atoms with E-state index in [1.54, 1.807) is 0 Å². The van der Waals surface area contributed by atoms with Gasteiger partial charge in [-0.1, -0.05) is 64.7 Å². The van der Waals surface area contributed by atoms with E-state index in [0.29, 0.717) is 23.0 Å². The highest BCUT2D eigenvalue weighted by atomic mass is 16.2. The predicted octanol–water partition coefficient (Wildman–Crippen LogP) is 6.17. The van der Waals surface area contributed by atoms with Crippen LogP contribution in [0.5, 0.6) is 0 Å². The zero-order valence-corrected chi connectivity index (χ0v) is 17.8. The van der Waals surface area contributed by atoms with Crippen molar-refractivity contribution >= 4 is 11.8 Å². The summed E-state index contributed by atoms with van der Waals surface area (Å²) in [6.07, 6.45) is 17.0. The molecule has 3 heteroatoms. The average Bonchev–Trinajstić information content (AvgIpc) is 3.03. The van der Waals surface area contributed by atoms with Gasteiger partial charge in [0.15, 0.2) is 0 Å². The Bertz CT molecular complexity index is 531. The van der Waals surface area contributed by atoms with Gasteiger partial charge in [-0.2, -0.15) is 0 Å². The minimum absolute atomic E-state index is 0.0134.